The Kier molecular flexibility index (Phi) is 8.17. The van der Waals surface area contributed by atoms with Crippen molar-refractivity contribution in [3.63, 3.8) is 0 Å². The number of carbonyl (C=O) groups is 2. The zero-order chi connectivity index (χ0) is 20.8. The van der Waals surface area contributed by atoms with E-state index in [0.29, 0.717) is 15.1 Å². The molecule has 7 heteroatoms. The summed E-state index contributed by atoms with van der Waals surface area (Å²) in [6, 6.07) is 11.5. The number of nitrogens with one attached hydrogen (secondary N) is 1. The Morgan fingerprint density at radius 3 is 2.29 bits per heavy atom. The molecule has 0 aliphatic carbocycles. The first kappa shape index (κ1) is 22.5. The van der Waals surface area contributed by atoms with Crippen LogP contribution in [0.2, 0.25) is 15.1 Å². The fraction of sp³-hybridized carbons (Fsp3) is 0.333. The van der Waals surface area contributed by atoms with Crippen LogP contribution < -0.4 is 5.32 Å². The second-order valence-electron chi connectivity index (χ2n) is 6.90. The van der Waals surface area contributed by atoms with Gasteiger partial charge in [0.25, 0.3) is 0 Å². The molecule has 28 heavy (non-hydrogen) atoms. The molecule has 0 spiro atoms. The van der Waals surface area contributed by atoms with Crippen LogP contribution >= 0.6 is 34.8 Å². The number of hydrogen-bond donors (Lipinski definition) is 1. The first-order chi connectivity index (χ1) is 13.2. The van der Waals surface area contributed by atoms with Crippen molar-refractivity contribution >= 4 is 46.6 Å². The van der Waals surface area contributed by atoms with Crippen LogP contribution in [-0.4, -0.2) is 28.8 Å². The molecule has 0 unspecified atom stereocenters. The molecule has 4 nitrogen and oxygen atoms in total. The standard InChI is InChI=1S/C21H23Cl3N2O2/c1-13(2)25-21(28)14(3)26(12-16-7-8-18(23)11-19(16)24)20(27)10-15-5-4-6-17(22)9-15/h4-9,11,13-14H,10,12H2,1-3H3,(H,25,28)/t14-/m1/s1. The Bertz CT molecular complexity index is 855. The van der Waals surface area contributed by atoms with E-state index in [4.69, 9.17) is 34.8 Å². The van der Waals surface area contributed by atoms with Crippen LogP contribution in [-0.2, 0) is 22.6 Å². The summed E-state index contributed by atoms with van der Waals surface area (Å²) in [6.45, 7) is 5.65. The van der Waals surface area contributed by atoms with Crippen molar-refractivity contribution < 1.29 is 9.59 Å². The lowest BCUT2D eigenvalue weighted by Gasteiger charge is -2.30. The number of rotatable bonds is 7. The Labute approximate surface area is 180 Å². The molecule has 0 aliphatic heterocycles. The van der Waals surface area contributed by atoms with Gasteiger partial charge in [0.15, 0.2) is 0 Å². The molecule has 0 aliphatic rings. The van der Waals surface area contributed by atoms with E-state index in [2.05, 4.69) is 5.32 Å². The van der Waals surface area contributed by atoms with E-state index in [1.807, 2.05) is 19.9 Å². The van der Waals surface area contributed by atoms with E-state index in [-0.39, 0.29) is 30.8 Å². The second kappa shape index (κ2) is 10.1. The molecule has 150 valence electrons. The third-order valence-corrected chi connectivity index (χ3v) is 5.02. The number of halogens is 3. The topological polar surface area (TPSA) is 49.4 Å². The molecule has 0 aromatic heterocycles. The summed E-state index contributed by atoms with van der Waals surface area (Å²) in [6.07, 6.45) is 0.130. The average Bonchev–Trinajstić information content (AvgIpc) is 2.59. The Balaban J connectivity index is 2.28. The molecule has 1 atom stereocenters. The van der Waals surface area contributed by atoms with Crippen molar-refractivity contribution in [3.05, 3.63) is 68.7 Å². The first-order valence-corrected chi connectivity index (χ1v) is 10.1. The lowest BCUT2D eigenvalue weighted by molar-refractivity contribution is -0.140. The van der Waals surface area contributed by atoms with Crippen LogP contribution in [0.4, 0.5) is 0 Å². The monoisotopic (exact) mass is 440 g/mol. The maximum Gasteiger partial charge on any atom is 0.242 e. The number of nitrogens with zero attached hydrogens (tertiary/aromatic N) is 1. The van der Waals surface area contributed by atoms with Crippen molar-refractivity contribution in [1.82, 2.24) is 10.2 Å². The zero-order valence-corrected chi connectivity index (χ0v) is 18.3. The van der Waals surface area contributed by atoms with Gasteiger partial charge in [-0.1, -0.05) is 53.0 Å². The quantitative estimate of drug-likeness (QED) is 0.647. The third-order valence-electron chi connectivity index (χ3n) is 4.20. The van der Waals surface area contributed by atoms with Crippen molar-refractivity contribution in [3.8, 4) is 0 Å². The van der Waals surface area contributed by atoms with Crippen LogP contribution in [0.1, 0.15) is 31.9 Å². The normalized spacial score (nSPS) is 12.0. The molecule has 2 aromatic carbocycles. The Hall–Kier alpha value is -1.75. The van der Waals surface area contributed by atoms with Crippen molar-refractivity contribution in [2.45, 2.75) is 45.8 Å². The summed E-state index contributed by atoms with van der Waals surface area (Å²) >= 11 is 18.3. The fourth-order valence-electron chi connectivity index (χ4n) is 2.74. The van der Waals surface area contributed by atoms with E-state index in [1.165, 1.54) is 4.90 Å². The highest BCUT2D eigenvalue weighted by Gasteiger charge is 2.27. The highest BCUT2D eigenvalue weighted by atomic mass is 35.5. The van der Waals surface area contributed by atoms with Gasteiger partial charge in [-0.3, -0.25) is 9.59 Å². The molecule has 0 heterocycles. The van der Waals surface area contributed by atoms with Gasteiger partial charge in [-0.15, -0.1) is 0 Å². The maximum atomic E-state index is 13.1. The van der Waals surface area contributed by atoms with E-state index in [1.54, 1.807) is 43.3 Å². The van der Waals surface area contributed by atoms with Gasteiger partial charge in [0.05, 0.1) is 6.42 Å². The highest BCUT2D eigenvalue weighted by Crippen LogP contribution is 2.24. The average molecular weight is 442 g/mol. The van der Waals surface area contributed by atoms with Crippen LogP contribution in [0, 0.1) is 0 Å². The van der Waals surface area contributed by atoms with Crippen LogP contribution in [0.3, 0.4) is 0 Å². The second-order valence-corrected chi connectivity index (χ2v) is 8.18. The predicted molar refractivity (Wildman–Crippen MR) is 115 cm³/mol. The van der Waals surface area contributed by atoms with Crippen molar-refractivity contribution in [2.75, 3.05) is 0 Å². The molecule has 0 saturated carbocycles. The summed E-state index contributed by atoms with van der Waals surface area (Å²) in [5.74, 6) is -0.417. The van der Waals surface area contributed by atoms with E-state index < -0.39 is 6.04 Å². The number of amides is 2. The fourth-order valence-corrected chi connectivity index (χ4v) is 3.43. The predicted octanol–water partition coefficient (Wildman–Crippen LogP) is 5.13. The minimum atomic E-state index is -0.666. The van der Waals surface area contributed by atoms with Crippen molar-refractivity contribution in [1.29, 1.82) is 0 Å². The molecular formula is C21H23Cl3N2O2. The van der Waals surface area contributed by atoms with Gasteiger partial charge in [0.1, 0.15) is 6.04 Å². The van der Waals surface area contributed by atoms with Crippen LogP contribution in [0.25, 0.3) is 0 Å². The first-order valence-electron chi connectivity index (χ1n) is 8.95. The molecule has 0 bridgehead atoms. The summed E-state index contributed by atoms with van der Waals surface area (Å²) in [5, 5.41) is 4.37. The lowest BCUT2D eigenvalue weighted by Crippen LogP contribution is -2.49. The van der Waals surface area contributed by atoms with Crippen molar-refractivity contribution in [2.24, 2.45) is 0 Å². The van der Waals surface area contributed by atoms with Gasteiger partial charge in [-0.2, -0.15) is 0 Å². The Morgan fingerprint density at radius 2 is 1.68 bits per heavy atom. The van der Waals surface area contributed by atoms with E-state index in [9.17, 15) is 9.59 Å². The lowest BCUT2D eigenvalue weighted by atomic mass is 10.1. The largest absolute Gasteiger partial charge is 0.352 e. The molecule has 2 rings (SSSR count). The third kappa shape index (κ3) is 6.40. The summed E-state index contributed by atoms with van der Waals surface area (Å²) in [7, 11) is 0. The van der Waals surface area contributed by atoms with Gasteiger partial charge in [0.2, 0.25) is 11.8 Å². The molecule has 1 N–H and O–H groups in total. The maximum absolute atomic E-state index is 13.1. The highest BCUT2D eigenvalue weighted by molar-refractivity contribution is 6.35. The number of hydrogen-bond acceptors (Lipinski definition) is 2. The summed E-state index contributed by atoms with van der Waals surface area (Å²) < 4.78 is 0. The zero-order valence-electron chi connectivity index (χ0n) is 16.0. The number of carbonyl (C=O) groups excluding carboxylic acids is 2. The minimum absolute atomic E-state index is 0.0287. The van der Waals surface area contributed by atoms with Gasteiger partial charge in [-0.05, 0) is 56.2 Å². The van der Waals surface area contributed by atoms with Gasteiger partial charge in [0, 0.05) is 27.7 Å². The molecule has 0 fully saturated rings. The smallest absolute Gasteiger partial charge is 0.242 e. The van der Waals surface area contributed by atoms with E-state index in [0.717, 1.165) is 11.1 Å². The number of benzene rings is 2. The molecule has 0 radical (unpaired) electrons. The molecule has 2 amide bonds. The molecule has 0 saturated heterocycles. The van der Waals surface area contributed by atoms with Crippen LogP contribution in [0.5, 0.6) is 0 Å². The van der Waals surface area contributed by atoms with Gasteiger partial charge < -0.3 is 10.2 Å². The van der Waals surface area contributed by atoms with E-state index >= 15 is 0 Å². The SMILES string of the molecule is CC(C)NC(=O)[C@@H](C)N(Cc1ccc(Cl)cc1Cl)C(=O)Cc1cccc(Cl)c1. The van der Waals surface area contributed by atoms with Gasteiger partial charge >= 0.3 is 0 Å². The molecule has 2 aromatic rings. The molecular weight excluding hydrogens is 419 g/mol. The van der Waals surface area contributed by atoms with Gasteiger partial charge in [-0.25, -0.2) is 0 Å². The van der Waals surface area contributed by atoms with Crippen LogP contribution in [0.15, 0.2) is 42.5 Å². The Morgan fingerprint density at radius 1 is 1.00 bits per heavy atom. The summed E-state index contributed by atoms with van der Waals surface area (Å²) in [5.41, 5.74) is 1.50. The minimum Gasteiger partial charge on any atom is -0.352 e. The summed E-state index contributed by atoms with van der Waals surface area (Å²) in [4.78, 5) is 27.1.